The van der Waals surface area contributed by atoms with Crippen molar-refractivity contribution in [3.8, 4) is 0 Å². The zero-order chi connectivity index (χ0) is 9.59. The number of aryl methyl sites for hydroxylation is 1. The zero-order valence-corrected chi connectivity index (χ0v) is 8.89. The van der Waals surface area contributed by atoms with Crippen molar-refractivity contribution >= 4 is 38.6 Å². The Morgan fingerprint density at radius 2 is 2.31 bits per heavy atom. The van der Waals surface area contributed by atoms with E-state index in [1.807, 2.05) is 0 Å². The van der Waals surface area contributed by atoms with Crippen LogP contribution in [0.1, 0.15) is 0 Å². The van der Waals surface area contributed by atoms with Gasteiger partial charge in [-0.3, -0.25) is 4.68 Å². The first kappa shape index (κ1) is 8.90. The Labute approximate surface area is 86.6 Å². The standard InChI is InChI=1S/C7H4BrClFN3/c1-13-4-2-3(10)6(8)11-5(4)7(9)12-13/h2H,1H3. The summed E-state index contributed by atoms with van der Waals surface area (Å²) in [6.45, 7) is 0. The van der Waals surface area contributed by atoms with Crippen molar-refractivity contribution in [1.29, 1.82) is 0 Å². The van der Waals surface area contributed by atoms with Gasteiger partial charge in [0.25, 0.3) is 0 Å². The summed E-state index contributed by atoms with van der Waals surface area (Å²) in [6.07, 6.45) is 0. The van der Waals surface area contributed by atoms with E-state index in [0.29, 0.717) is 11.0 Å². The van der Waals surface area contributed by atoms with Crippen LogP contribution < -0.4 is 0 Å². The lowest BCUT2D eigenvalue weighted by atomic mass is 10.4. The van der Waals surface area contributed by atoms with Crippen LogP contribution in [0.15, 0.2) is 10.7 Å². The molecule has 2 rings (SSSR count). The molecule has 13 heavy (non-hydrogen) atoms. The number of halogens is 3. The Balaban J connectivity index is 2.91. The molecule has 0 amide bonds. The minimum absolute atomic E-state index is 0.148. The van der Waals surface area contributed by atoms with Gasteiger partial charge in [0.15, 0.2) is 11.0 Å². The van der Waals surface area contributed by atoms with Gasteiger partial charge in [-0.1, -0.05) is 11.6 Å². The first-order valence-electron chi connectivity index (χ1n) is 3.44. The normalized spacial score (nSPS) is 11.1. The van der Waals surface area contributed by atoms with Gasteiger partial charge in [-0.05, 0) is 15.9 Å². The average Bonchev–Trinajstić information content (AvgIpc) is 2.31. The topological polar surface area (TPSA) is 30.7 Å². The first-order chi connectivity index (χ1) is 6.09. The van der Waals surface area contributed by atoms with Gasteiger partial charge in [0.2, 0.25) is 0 Å². The molecule has 68 valence electrons. The van der Waals surface area contributed by atoms with Crippen LogP contribution in [-0.4, -0.2) is 14.8 Å². The quantitative estimate of drug-likeness (QED) is 0.685. The number of fused-ring (bicyclic) bond motifs is 1. The second-order valence-corrected chi connectivity index (χ2v) is 3.65. The Kier molecular flexibility index (Phi) is 2.00. The van der Waals surface area contributed by atoms with Crippen LogP contribution in [0.25, 0.3) is 11.0 Å². The van der Waals surface area contributed by atoms with Crippen LogP contribution in [0.2, 0.25) is 5.15 Å². The lowest BCUT2D eigenvalue weighted by molar-refractivity contribution is 0.614. The highest BCUT2D eigenvalue weighted by Gasteiger charge is 2.11. The molecule has 0 aliphatic heterocycles. The lowest BCUT2D eigenvalue weighted by Gasteiger charge is -1.95. The molecule has 0 atom stereocenters. The third-order valence-corrected chi connectivity index (χ3v) is 2.51. The summed E-state index contributed by atoms with van der Waals surface area (Å²) in [5.74, 6) is -0.424. The molecular formula is C7H4BrClFN3. The number of rotatable bonds is 0. The molecule has 6 heteroatoms. The van der Waals surface area contributed by atoms with Crippen LogP contribution in [-0.2, 0) is 7.05 Å². The molecule has 0 N–H and O–H groups in total. The van der Waals surface area contributed by atoms with E-state index >= 15 is 0 Å². The Bertz CT molecular complexity index is 440. The summed E-state index contributed by atoms with van der Waals surface area (Å²) >= 11 is 8.74. The molecular weight excluding hydrogens is 260 g/mol. The highest BCUT2D eigenvalue weighted by atomic mass is 79.9. The van der Waals surface area contributed by atoms with Gasteiger partial charge >= 0.3 is 0 Å². The molecule has 0 radical (unpaired) electrons. The second-order valence-electron chi connectivity index (χ2n) is 2.54. The van der Waals surface area contributed by atoms with E-state index in [2.05, 4.69) is 26.0 Å². The van der Waals surface area contributed by atoms with Gasteiger partial charge in [-0.2, -0.15) is 5.10 Å². The van der Waals surface area contributed by atoms with Crippen LogP contribution in [0.5, 0.6) is 0 Å². The zero-order valence-electron chi connectivity index (χ0n) is 6.55. The fraction of sp³-hybridized carbons (Fsp3) is 0.143. The third-order valence-electron chi connectivity index (χ3n) is 1.69. The molecule has 2 aromatic rings. The number of aromatic nitrogens is 3. The predicted octanol–water partition coefficient (Wildman–Crippen LogP) is 2.52. The maximum absolute atomic E-state index is 13.0. The number of hydrogen-bond acceptors (Lipinski definition) is 2. The Hall–Kier alpha value is -0.680. The summed E-state index contributed by atoms with van der Waals surface area (Å²) < 4.78 is 14.7. The number of hydrogen-bond donors (Lipinski definition) is 0. The van der Waals surface area contributed by atoms with Crippen LogP contribution in [0.4, 0.5) is 4.39 Å². The molecule has 0 aliphatic carbocycles. The summed E-state index contributed by atoms with van der Waals surface area (Å²) in [5.41, 5.74) is 1.07. The molecule has 2 heterocycles. The molecule has 2 aromatic heterocycles. The molecule has 0 saturated carbocycles. The highest BCUT2D eigenvalue weighted by molar-refractivity contribution is 9.10. The van der Waals surface area contributed by atoms with Gasteiger partial charge in [0.1, 0.15) is 10.1 Å². The molecule has 0 saturated heterocycles. The van der Waals surface area contributed by atoms with Crippen molar-refractivity contribution in [1.82, 2.24) is 14.8 Å². The van der Waals surface area contributed by atoms with Crippen LogP contribution in [0, 0.1) is 5.82 Å². The van der Waals surface area contributed by atoms with Crippen molar-refractivity contribution in [3.05, 3.63) is 21.6 Å². The van der Waals surface area contributed by atoms with E-state index in [1.54, 1.807) is 7.05 Å². The van der Waals surface area contributed by atoms with E-state index in [0.717, 1.165) is 0 Å². The average molecular weight is 264 g/mol. The van der Waals surface area contributed by atoms with Crippen molar-refractivity contribution in [2.24, 2.45) is 7.05 Å². The van der Waals surface area contributed by atoms with Crippen molar-refractivity contribution in [3.63, 3.8) is 0 Å². The van der Waals surface area contributed by atoms with Gasteiger partial charge in [-0.25, -0.2) is 9.37 Å². The second kappa shape index (κ2) is 2.92. The number of nitrogens with zero attached hydrogens (tertiary/aromatic N) is 3. The maximum Gasteiger partial charge on any atom is 0.177 e. The van der Waals surface area contributed by atoms with E-state index in [4.69, 9.17) is 11.6 Å². The van der Waals surface area contributed by atoms with E-state index in [1.165, 1.54) is 10.7 Å². The molecule has 0 spiro atoms. The monoisotopic (exact) mass is 263 g/mol. The summed E-state index contributed by atoms with van der Waals surface area (Å²) in [5, 5.41) is 4.18. The largest absolute Gasteiger partial charge is 0.265 e. The molecule has 0 aromatic carbocycles. The van der Waals surface area contributed by atoms with Crippen molar-refractivity contribution in [2.75, 3.05) is 0 Å². The van der Waals surface area contributed by atoms with Gasteiger partial charge in [0, 0.05) is 13.1 Å². The molecule has 0 bridgehead atoms. The predicted molar refractivity (Wildman–Crippen MR) is 51.2 cm³/mol. The highest BCUT2D eigenvalue weighted by Crippen LogP contribution is 2.24. The molecule has 0 aliphatic rings. The third kappa shape index (κ3) is 1.32. The van der Waals surface area contributed by atoms with Gasteiger partial charge < -0.3 is 0 Å². The minimum Gasteiger partial charge on any atom is -0.265 e. The SMILES string of the molecule is Cn1nc(Cl)c2nc(Br)c(F)cc21. The van der Waals surface area contributed by atoms with Gasteiger partial charge in [-0.15, -0.1) is 0 Å². The smallest absolute Gasteiger partial charge is 0.177 e. The van der Waals surface area contributed by atoms with E-state index < -0.39 is 5.82 Å². The van der Waals surface area contributed by atoms with Crippen LogP contribution in [0.3, 0.4) is 0 Å². The van der Waals surface area contributed by atoms with E-state index in [-0.39, 0.29) is 9.76 Å². The minimum atomic E-state index is -0.424. The fourth-order valence-corrected chi connectivity index (χ4v) is 1.63. The maximum atomic E-state index is 13.0. The molecule has 0 fully saturated rings. The fourth-order valence-electron chi connectivity index (χ4n) is 1.09. The summed E-state index contributed by atoms with van der Waals surface area (Å²) in [7, 11) is 1.68. The van der Waals surface area contributed by atoms with Crippen LogP contribution >= 0.6 is 27.5 Å². The van der Waals surface area contributed by atoms with Crippen molar-refractivity contribution < 1.29 is 4.39 Å². The Morgan fingerprint density at radius 1 is 1.62 bits per heavy atom. The molecule has 0 unspecified atom stereocenters. The Morgan fingerprint density at radius 3 is 3.00 bits per heavy atom. The van der Waals surface area contributed by atoms with Crippen molar-refractivity contribution in [2.45, 2.75) is 0 Å². The summed E-state index contributed by atoms with van der Waals surface area (Å²) in [6, 6.07) is 1.34. The lowest BCUT2D eigenvalue weighted by Crippen LogP contribution is -1.90. The van der Waals surface area contributed by atoms with E-state index in [9.17, 15) is 4.39 Å². The first-order valence-corrected chi connectivity index (χ1v) is 4.61. The summed E-state index contributed by atoms with van der Waals surface area (Å²) in [4.78, 5) is 3.92. The van der Waals surface area contributed by atoms with Gasteiger partial charge in [0.05, 0.1) is 5.52 Å². The number of pyridine rings is 1. The molecule has 3 nitrogen and oxygen atoms in total.